The molecule has 1 heterocycles. The van der Waals surface area contributed by atoms with Gasteiger partial charge in [-0.15, -0.1) is 0 Å². The van der Waals surface area contributed by atoms with Gasteiger partial charge in [-0.1, -0.05) is 19.9 Å². The Balaban J connectivity index is 2.13. The standard InChI is InChI=1S/C14H17NO4/c1-8(2)12(14(17)18)15-13(16)9-3-4-10-6-19-7-11(10)5-9/h3-5,8,12H,6-7H2,1-2H3,(H,15,16)(H,17,18)/t12-/m1/s1. The zero-order valence-electron chi connectivity index (χ0n) is 11.0. The highest BCUT2D eigenvalue weighted by Crippen LogP contribution is 2.21. The lowest BCUT2D eigenvalue weighted by Crippen LogP contribution is -2.44. The zero-order chi connectivity index (χ0) is 14.0. The summed E-state index contributed by atoms with van der Waals surface area (Å²) in [5.41, 5.74) is 2.54. The molecule has 1 amide bonds. The van der Waals surface area contributed by atoms with Gasteiger partial charge >= 0.3 is 5.97 Å². The van der Waals surface area contributed by atoms with Crippen LogP contribution in [0.15, 0.2) is 18.2 Å². The van der Waals surface area contributed by atoms with E-state index in [1.807, 2.05) is 6.07 Å². The fraction of sp³-hybridized carbons (Fsp3) is 0.429. The van der Waals surface area contributed by atoms with Crippen molar-refractivity contribution in [2.75, 3.05) is 0 Å². The number of hydrogen-bond acceptors (Lipinski definition) is 3. The van der Waals surface area contributed by atoms with Crippen molar-refractivity contribution in [2.24, 2.45) is 5.92 Å². The number of rotatable bonds is 4. The van der Waals surface area contributed by atoms with Crippen LogP contribution >= 0.6 is 0 Å². The number of benzene rings is 1. The lowest BCUT2D eigenvalue weighted by Gasteiger charge is -2.18. The second-order valence-electron chi connectivity index (χ2n) is 5.01. The van der Waals surface area contributed by atoms with Crippen LogP contribution in [-0.2, 0) is 22.7 Å². The Bertz CT molecular complexity index is 510. The fourth-order valence-corrected chi connectivity index (χ4v) is 2.05. The summed E-state index contributed by atoms with van der Waals surface area (Å²) >= 11 is 0. The van der Waals surface area contributed by atoms with E-state index in [-0.39, 0.29) is 11.8 Å². The molecule has 5 nitrogen and oxygen atoms in total. The van der Waals surface area contributed by atoms with Gasteiger partial charge in [-0.05, 0) is 29.2 Å². The third-order valence-electron chi connectivity index (χ3n) is 3.20. The highest BCUT2D eigenvalue weighted by atomic mass is 16.5. The first-order valence-electron chi connectivity index (χ1n) is 6.22. The van der Waals surface area contributed by atoms with Crippen LogP contribution in [-0.4, -0.2) is 23.0 Å². The van der Waals surface area contributed by atoms with Crippen molar-refractivity contribution in [2.45, 2.75) is 33.1 Å². The Morgan fingerprint density at radius 2 is 1.95 bits per heavy atom. The largest absolute Gasteiger partial charge is 0.480 e. The first-order chi connectivity index (χ1) is 8.99. The summed E-state index contributed by atoms with van der Waals surface area (Å²) in [4.78, 5) is 23.1. The van der Waals surface area contributed by atoms with Crippen molar-refractivity contribution < 1.29 is 19.4 Å². The van der Waals surface area contributed by atoms with Crippen molar-refractivity contribution in [3.63, 3.8) is 0 Å². The van der Waals surface area contributed by atoms with E-state index >= 15 is 0 Å². The SMILES string of the molecule is CC(C)[C@@H](NC(=O)c1ccc2c(c1)COC2)C(=O)O. The normalized spacial score (nSPS) is 15.1. The molecule has 1 aliphatic heterocycles. The second kappa shape index (κ2) is 5.40. The molecule has 0 radical (unpaired) electrons. The van der Waals surface area contributed by atoms with Gasteiger partial charge in [0.05, 0.1) is 13.2 Å². The molecule has 102 valence electrons. The number of amides is 1. The van der Waals surface area contributed by atoms with Gasteiger partial charge in [0, 0.05) is 5.56 Å². The van der Waals surface area contributed by atoms with Gasteiger partial charge in [0.2, 0.25) is 0 Å². The number of hydrogen-bond donors (Lipinski definition) is 2. The van der Waals surface area contributed by atoms with E-state index in [4.69, 9.17) is 9.84 Å². The summed E-state index contributed by atoms with van der Waals surface area (Å²) in [5.74, 6) is -1.55. The highest BCUT2D eigenvalue weighted by molar-refractivity contribution is 5.96. The van der Waals surface area contributed by atoms with Crippen LogP contribution in [0.2, 0.25) is 0 Å². The molecule has 1 aromatic carbocycles. The molecule has 2 N–H and O–H groups in total. The Kier molecular flexibility index (Phi) is 3.85. The number of carbonyl (C=O) groups excluding carboxylic acids is 1. The maximum atomic E-state index is 12.0. The van der Waals surface area contributed by atoms with E-state index < -0.39 is 12.0 Å². The molecule has 0 bridgehead atoms. The molecular weight excluding hydrogens is 246 g/mol. The quantitative estimate of drug-likeness (QED) is 0.864. The van der Waals surface area contributed by atoms with E-state index in [9.17, 15) is 9.59 Å². The molecule has 5 heteroatoms. The van der Waals surface area contributed by atoms with Crippen LogP contribution in [0.5, 0.6) is 0 Å². The van der Waals surface area contributed by atoms with E-state index in [0.29, 0.717) is 18.8 Å². The van der Waals surface area contributed by atoms with Gasteiger partial charge < -0.3 is 15.2 Å². The number of fused-ring (bicyclic) bond motifs is 1. The monoisotopic (exact) mass is 263 g/mol. The predicted octanol–water partition coefficient (Wildman–Crippen LogP) is 1.56. The van der Waals surface area contributed by atoms with E-state index in [1.54, 1.807) is 26.0 Å². The predicted molar refractivity (Wildman–Crippen MR) is 68.7 cm³/mol. The molecule has 1 aromatic rings. The molecular formula is C14H17NO4. The van der Waals surface area contributed by atoms with E-state index in [1.165, 1.54) is 0 Å². The first-order valence-corrected chi connectivity index (χ1v) is 6.22. The molecule has 2 rings (SSSR count). The number of carboxylic acid groups (broad SMARTS) is 1. The summed E-state index contributed by atoms with van der Waals surface area (Å²) in [6.45, 7) is 4.59. The lowest BCUT2D eigenvalue weighted by atomic mass is 10.0. The van der Waals surface area contributed by atoms with Gasteiger partial charge in [-0.2, -0.15) is 0 Å². The van der Waals surface area contributed by atoms with Gasteiger partial charge in [-0.3, -0.25) is 4.79 Å². The third kappa shape index (κ3) is 2.93. The second-order valence-corrected chi connectivity index (χ2v) is 5.01. The van der Waals surface area contributed by atoms with E-state index in [2.05, 4.69) is 5.32 Å². The minimum Gasteiger partial charge on any atom is -0.480 e. The molecule has 0 unspecified atom stereocenters. The molecule has 0 aromatic heterocycles. The zero-order valence-corrected chi connectivity index (χ0v) is 11.0. The minimum atomic E-state index is -1.02. The summed E-state index contributed by atoms with van der Waals surface area (Å²) in [6, 6.07) is 4.43. The average Bonchev–Trinajstić information content (AvgIpc) is 2.81. The number of aliphatic carboxylic acids is 1. The van der Waals surface area contributed by atoms with Gasteiger partial charge in [0.1, 0.15) is 6.04 Å². The van der Waals surface area contributed by atoms with Gasteiger partial charge in [0.25, 0.3) is 5.91 Å². The van der Waals surface area contributed by atoms with Gasteiger partial charge in [-0.25, -0.2) is 4.79 Å². The van der Waals surface area contributed by atoms with Crippen LogP contribution in [0.1, 0.15) is 35.3 Å². The lowest BCUT2D eigenvalue weighted by molar-refractivity contribution is -0.140. The average molecular weight is 263 g/mol. The molecule has 19 heavy (non-hydrogen) atoms. The molecule has 0 aliphatic carbocycles. The molecule has 1 aliphatic rings. The Morgan fingerprint density at radius 3 is 2.58 bits per heavy atom. The molecule has 0 saturated heterocycles. The Labute approximate surface area is 111 Å². The first kappa shape index (κ1) is 13.5. The van der Waals surface area contributed by atoms with Crippen LogP contribution in [0, 0.1) is 5.92 Å². The summed E-state index contributed by atoms with van der Waals surface area (Å²) in [5, 5.41) is 11.6. The Hall–Kier alpha value is -1.88. The van der Waals surface area contributed by atoms with Crippen LogP contribution in [0.25, 0.3) is 0 Å². The summed E-state index contributed by atoms with van der Waals surface area (Å²) in [7, 11) is 0. The summed E-state index contributed by atoms with van der Waals surface area (Å²) in [6.07, 6.45) is 0. The smallest absolute Gasteiger partial charge is 0.326 e. The van der Waals surface area contributed by atoms with Crippen molar-refractivity contribution in [3.8, 4) is 0 Å². The molecule has 0 fully saturated rings. The van der Waals surface area contributed by atoms with Crippen molar-refractivity contribution >= 4 is 11.9 Å². The highest BCUT2D eigenvalue weighted by Gasteiger charge is 2.24. The maximum absolute atomic E-state index is 12.0. The maximum Gasteiger partial charge on any atom is 0.326 e. The van der Waals surface area contributed by atoms with Crippen LogP contribution < -0.4 is 5.32 Å². The number of carbonyl (C=O) groups is 2. The van der Waals surface area contributed by atoms with Gasteiger partial charge in [0.15, 0.2) is 0 Å². The van der Waals surface area contributed by atoms with Crippen LogP contribution in [0.4, 0.5) is 0 Å². The topological polar surface area (TPSA) is 75.6 Å². The molecule has 1 atom stereocenters. The summed E-state index contributed by atoms with van der Waals surface area (Å²) < 4.78 is 5.28. The molecule has 0 spiro atoms. The third-order valence-corrected chi connectivity index (χ3v) is 3.20. The fourth-order valence-electron chi connectivity index (χ4n) is 2.05. The number of carboxylic acids is 1. The van der Waals surface area contributed by atoms with Crippen LogP contribution in [0.3, 0.4) is 0 Å². The Morgan fingerprint density at radius 1 is 1.26 bits per heavy atom. The van der Waals surface area contributed by atoms with Crippen molar-refractivity contribution in [1.29, 1.82) is 0 Å². The minimum absolute atomic E-state index is 0.167. The number of ether oxygens (including phenoxy) is 1. The number of nitrogens with one attached hydrogen (secondary N) is 1. The van der Waals surface area contributed by atoms with Crippen molar-refractivity contribution in [1.82, 2.24) is 5.32 Å². The van der Waals surface area contributed by atoms with Crippen molar-refractivity contribution in [3.05, 3.63) is 34.9 Å². The molecule has 0 saturated carbocycles. The van der Waals surface area contributed by atoms with E-state index in [0.717, 1.165) is 11.1 Å².